The van der Waals surface area contributed by atoms with Crippen LogP contribution >= 0.6 is 0 Å². The van der Waals surface area contributed by atoms with Gasteiger partial charge in [-0.05, 0) is 11.1 Å². The molecule has 0 fully saturated rings. The first-order chi connectivity index (χ1) is 7.62. The van der Waals surface area contributed by atoms with Crippen molar-refractivity contribution in [2.75, 3.05) is 13.7 Å². The molecule has 1 aromatic carbocycles. The minimum atomic E-state index is -3.44. The summed E-state index contributed by atoms with van der Waals surface area (Å²) in [6.07, 6.45) is 0. The molecule has 0 saturated heterocycles. The standard InChI is InChI=1S/C10H14N2O3S/c1-11-16(13,14)12-10-7-15-6-8-4-2-3-5-9(8)10/h2-5,10-12H,6-7H2,1H3. The summed E-state index contributed by atoms with van der Waals surface area (Å²) in [6, 6.07) is 7.35. The summed E-state index contributed by atoms with van der Waals surface area (Å²) in [4.78, 5) is 0. The van der Waals surface area contributed by atoms with Crippen molar-refractivity contribution in [3.05, 3.63) is 35.4 Å². The number of hydrogen-bond acceptors (Lipinski definition) is 3. The van der Waals surface area contributed by atoms with Gasteiger partial charge in [0.2, 0.25) is 0 Å². The predicted octanol–water partition coefficient (Wildman–Crippen LogP) is 0.312. The van der Waals surface area contributed by atoms with Crippen LogP contribution in [0.1, 0.15) is 17.2 Å². The number of benzene rings is 1. The summed E-state index contributed by atoms with van der Waals surface area (Å²) in [5, 5.41) is 0. The number of ether oxygens (including phenoxy) is 1. The number of hydrogen-bond donors (Lipinski definition) is 2. The molecule has 16 heavy (non-hydrogen) atoms. The summed E-state index contributed by atoms with van der Waals surface area (Å²) < 4.78 is 32.9. The second-order valence-corrected chi connectivity index (χ2v) is 5.24. The molecule has 0 aromatic heterocycles. The maximum absolute atomic E-state index is 11.4. The average molecular weight is 242 g/mol. The third-order valence-corrected chi connectivity index (χ3v) is 3.67. The molecule has 1 unspecified atom stereocenters. The van der Waals surface area contributed by atoms with Gasteiger partial charge in [0.05, 0.1) is 19.3 Å². The van der Waals surface area contributed by atoms with Gasteiger partial charge in [-0.25, -0.2) is 4.72 Å². The Balaban J connectivity index is 2.26. The Morgan fingerprint density at radius 3 is 2.88 bits per heavy atom. The summed E-state index contributed by atoms with van der Waals surface area (Å²) in [5.74, 6) is 0. The van der Waals surface area contributed by atoms with E-state index in [1.807, 2.05) is 24.3 Å². The van der Waals surface area contributed by atoms with E-state index in [1.165, 1.54) is 7.05 Å². The largest absolute Gasteiger partial charge is 0.375 e. The highest BCUT2D eigenvalue weighted by Gasteiger charge is 2.23. The molecule has 0 spiro atoms. The molecule has 1 heterocycles. The Hall–Kier alpha value is -0.950. The van der Waals surface area contributed by atoms with E-state index in [2.05, 4.69) is 9.44 Å². The Bertz CT molecular complexity index is 473. The van der Waals surface area contributed by atoms with E-state index >= 15 is 0 Å². The van der Waals surface area contributed by atoms with Crippen LogP contribution in [-0.4, -0.2) is 22.1 Å². The Kier molecular flexibility index (Phi) is 3.25. The summed E-state index contributed by atoms with van der Waals surface area (Å²) in [6.45, 7) is 0.895. The van der Waals surface area contributed by atoms with Crippen molar-refractivity contribution in [1.29, 1.82) is 0 Å². The van der Waals surface area contributed by atoms with Gasteiger partial charge in [0, 0.05) is 7.05 Å². The van der Waals surface area contributed by atoms with Gasteiger partial charge in [-0.1, -0.05) is 24.3 Å². The van der Waals surface area contributed by atoms with Gasteiger partial charge in [0.15, 0.2) is 0 Å². The van der Waals surface area contributed by atoms with Crippen LogP contribution in [0.4, 0.5) is 0 Å². The van der Waals surface area contributed by atoms with E-state index in [0.29, 0.717) is 13.2 Å². The molecule has 0 amide bonds. The fourth-order valence-electron chi connectivity index (χ4n) is 1.73. The van der Waals surface area contributed by atoms with Crippen LogP contribution in [0, 0.1) is 0 Å². The quantitative estimate of drug-likeness (QED) is 0.801. The third-order valence-electron chi connectivity index (χ3n) is 2.54. The summed E-state index contributed by atoms with van der Waals surface area (Å²) in [7, 11) is -2.07. The van der Waals surface area contributed by atoms with Crippen molar-refractivity contribution in [2.45, 2.75) is 12.6 Å². The van der Waals surface area contributed by atoms with Crippen LogP contribution in [-0.2, 0) is 21.6 Å². The van der Waals surface area contributed by atoms with Crippen molar-refractivity contribution < 1.29 is 13.2 Å². The van der Waals surface area contributed by atoms with Crippen LogP contribution in [0.15, 0.2) is 24.3 Å². The minimum absolute atomic E-state index is 0.317. The first-order valence-corrected chi connectivity index (χ1v) is 6.47. The van der Waals surface area contributed by atoms with Crippen LogP contribution < -0.4 is 9.44 Å². The van der Waals surface area contributed by atoms with Crippen LogP contribution in [0.25, 0.3) is 0 Å². The highest BCUT2D eigenvalue weighted by Crippen LogP contribution is 2.24. The monoisotopic (exact) mass is 242 g/mol. The average Bonchev–Trinajstić information content (AvgIpc) is 2.29. The van der Waals surface area contributed by atoms with Crippen molar-refractivity contribution in [1.82, 2.24) is 9.44 Å². The molecule has 0 saturated carbocycles. The highest BCUT2D eigenvalue weighted by atomic mass is 32.2. The number of fused-ring (bicyclic) bond motifs is 1. The van der Waals surface area contributed by atoms with Gasteiger partial charge in [-0.15, -0.1) is 0 Å². The molecule has 1 aliphatic heterocycles. The Morgan fingerprint density at radius 2 is 2.12 bits per heavy atom. The van der Waals surface area contributed by atoms with Crippen molar-refractivity contribution in [3.8, 4) is 0 Å². The molecular weight excluding hydrogens is 228 g/mol. The second kappa shape index (κ2) is 4.50. The molecule has 6 heteroatoms. The molecule has 0 radical (unpaired) electrons. The molecule has 1 aliphatic rings. The van der Waals surface area contributed by atoms with Crippen molar-refractivity contribution in [2.24, 2.45) is 0 Å². The maximum Gasteiger partial charge on any atom is 0.277 e. The lowest BCUT2D eigenvalue weighted by molar-refractivity contribution is 0.0882. The Morgan fingerprint density at radius 1 is 1.38 bits per heavy atom. The molecule has 1 aromatic rings. The Labute approximate surface area is 95.0 Å². The first-order valence-electron chi connectivity index (χ1n) is 4.99. The molecule has 88 valence electrons. The third kappa shape index (κ3) is 2.41. The van der Waals surface area contributed by atoms with Crippen LogP contribution in [0.3, 0.4) is 0 Å². The lowest BCUT2D eigenvalue weighted by atomic mass is 10.0. The molecule has 0 aliphatic carbocycles. The van der Waals surface area contributed by atoms with Crippen molar-refractivity contribution in [3.63, 3.8) is 0 Å². The van der Waals surface area contributed by atoms with Gasteiger partial charge in [0.1, 0.15) is 0 Å². The number of nitrogens with one attached hydrogen (secondary N) is 2. The normalized spacial score (nSPS) is 20.4. The van der Waals surface area contributed by atoms with Gasteiger partial charge < -0.3 is 4.74 Å². The van der Waals surface area contributed by atoms with E-state index in [-0.39, 0.29) is 6.04 Å². The van der Waals surface area contributed by atoms with Gasteiger partial charge >= 0.3 is 0 Å². The molecule has 0 bridgehead atoms. The predicted molar refractivity (Wildman–Crippen MR) is 60.0 cm³/mol. The minimum Gasteiger partial charge on any atom is -0.375 e. The molecular formula is C10H14N2O3S. The van der Waals surface area contributed by atoms with Gasteiger partial charge in [-0.3, -0.25) is 0 Å². The fourth-order valence-corrected chi connectivity index (χ4v) is 2.41. The zero-order valence-electron chi connectivity index (χ0n) is 8.93. The van der Waals surface area contributed by atoms with E-state index in [0.717, 1.165) is 11.1 Å². The summed E-state index contributed by atoms with van der Waals surface area (Å²) >= 11 is 0. The van der Waals surface area contributed by atoms with Crippen LogP contribution in [0.5, 0.6) is 0 Å². The zero-order chi connectivity index (χ0) is 11.6. The second-order valence-electron chi connectivity index (χ2n) is 3.59. The van der Waals surface area contributed by atoms with Gasteiger partial charge in [-0.2, -0.15) is 13.1 Å². The molecule has 1 atom stereocenters. The van der Waals surface area contributed by atoms with E-state index in [4.69, 9.17) is 4.74 Å². The fraction of sp³-hybridized carbons (Fsp3) is 0.400. The molecule has 2 rings (SSSR count). The maximum atomic E-state index is 11.4. The van der Waals surface area contributed by atoms with Gasteiger partial charge in [0.25, 0.3) is 10.2 Å². The van der Waals surface area contributed by atoms with E-state index < -0.39 is 10.2 Å². The van der Waals surface area contributed by atoms with E-state index in [1.54, 1.807) is 0 Å². The lowest BCUT2D eigenvalue weighted by Crippen LogP contribution is -2.40. The van der Waals surface area contributed by atoms with Crippen molar-refractivity contribution >= 4 is 10.2 Å². The SMILES string of the molecule is CNS(=O)(=O)NC1COCc2ccccc21. The first kappa shape index (κ1) is 11.5. The highest BCUT2D eigenvalue weighted by molar-refractivity contribution is 7.87. The smallest absolute Gasteiger partial charge is 0.277 e. The van der Waals surface area contributed by atoms with E-state index in [9.17, 15) is 8.42 Å². The lowest BCUT2D eigenvalue weighted by Gasteiger charge is -2.26. The molecule has 5 nitrogen and oxygen atoms in total. The topological polar surface area (TPSA) is 67.4 Å². The summed E-state index contributed by atoms with van der Waals surface area (Å²) in [5.41, 5.74) is 2.00. The number of rotatable bonds is 3. The zero-order valence-corrected chi connectivity index (χ0v) is 9.75. The van der Waals surface area contributed by atoms with Crippen LogP contribution in [0.2, 0.25) is 0 Å². The molecule has 2 N–H and O–H groups in total.